The van der Waals surface area contributed by atoms with E-state index in [-0.39, 0.29) is 0 Å². The Balaban J connectivity index is 1.42. The molecule has 0 heterocycles. The van der Waals surface area contributed by atoms with Crippen molar-refractivity contribution in [2.45, 2.75) is 26.2 Å². The van der Waals surface area contributed by atoms with E-state index in [0.717, 1.165) is 6.42 Å². The largest absolute Gasteiger partial charge is 0.0648 e. The van der Waals surface area contributed by atoms with Gasteiger partial charge in [-0.15, -0.1) is 0 Å². The van der Waals surface area contributed by atoms with Crippen molar-refractivity contribution in [3.63, 3.8) is 0 Å². The van der Waals surface area contributed by atoms with Crippen LogP contribution >= 0.6 is 0 Å². The van der Waals surface area contributed by atoms with E-state index in [0.29, 0.717) is 5.92 Å². The summed E-state index contributed by atoms with van der Waals surface area (Å²) in [6.45, 7) is 4.56. The first-order valence-electron chi connectivity index (χ1n) is 14.4. The average molecular weight is 513 g/mol. The van der Waals surface area contributed by atoms with Crippen LogP contribution in [0.15, 0.2) is 140 Å². The number of benzene rings is 7. The van der Waals surface area contributed by atoms with E-state index in [1.807, 2.05) is 0 Å². The molecular weight excluding hydrogens is 480 g/mol. The van der Waals surface area contributed by atoms with Gasteiger partial charge in [0, 0.05) is 0 Å². The van der Waals surface area contributed by atoms with E-state index in [4.69, 9.17) is 0 Å². The summed E-state index contributed by atoms with van der Waals surface area (Å²) < 4.78 is 0. The third-order valence-electron chi connectivity index (χ3n) is 8.59. The molecule has 7 rings (SSSR count). The third-order valence-corrected chi connectivity index (χ3v) is 8.59. The summed E-state index contributed by atoms with van der Waals surface area (Å²) in [5, 5.41) is 7.74. The van der Waals surface area contributed by atoms with E-state index in [9.17, 15) is 0 Å². The van der Waals surface area contributed by atoms with Crippen molar-refractivity contribution in [2.24, 2.45) is 0 Å². The van der Waals surface area contributed by atoms with E-state index in [2.05, 4.69) is 153 Å². The lowest BCUT2D eigenvalue weighted by Gasteiger charge is -2.18. The molecule has 0 heteroatoms. The van der Waals surface area contributed by atoms with Crippen molar-refractivity contribution in [3.8, 4) is 33.4 Å². The van der Waals surface area contributed by atoms with Crippen molar-refractivity contribution in [1.29, 1.82) is 0 Å². The molecule has 0 radical (unpaired) electrons. The second kappa shape index (κ2) is 10.1. The summed E-state index contributed by atoms with van der Waals surface area (Å²) >= 11 is 0. The second-order valence-corrected chi connectivity index (χ2v) is 10.9. The lowest BCUT2D eigenvalue weighted by Crippen LogP contribution is -1.93. The van der Waals surface area contributed by atoms with Gasteiger partial charge in [-0.1, -0.05) is 153 Å². The number of hydrogen-bond donors (Lipinski definition) is 0. The maximum absolute atomic E-state index is 2.31. The third kappa shape index (κ3) is 4.08. The minimum atomic E-state index is 0.571. The van der Waals surface area contributed by atoms with Gasteiger partial charge in [0.15, 0.2) is 0 Å². The first kappa shape index (κ1) is 24.4. The van der Waals surface area contributed by atoms with E-state index < -0.39 is 0 Å². The molecule has 0 saturated heterocycles. The van der Waals surface area contributed by atoms with Gasteiger partial charge in [0.1, 0.15) is 0 Å². The smallest absolute Gasteiger partial charge is 0.00264 e. The molecule has 0 nitrogen and oxygen atoms in total. The number of rotatable bonds is 5. The first-order chi connectivity index (χ1) is 19.7. The molecule has 0 aliphatic rings. The van der Waals surface area contributed by atoms with Crippen LogP contribution in [-0.2, 0) is 0 Å². The lowest BCUT2D eigenvalue weighted by atomic mass is 9.85. The van der Waals surface area contributed by atoms with Gasteiger partial charge in [0.25, 0.3) is 0 Å². The highest BCUT2D eigenvalue weighted by Crippen LogP contribution is 2.44. The summed E-state index contributed by atoms with van der Waals surface area (Å²) in [6, 6.07) is 51.4. The molecule has 0 N–H and O–H groups in total. The zero-order valence-corrected chi connectivity index (χ0v) is 23.1. The Bertz CT molecular complexity index is 1910. The molecule has 0 aliphatic carbocycles. The molecule has 7 aromatic rings. The quantitative estimate of drug-likeness (QED) is 0.201. The Morgan fingerprint density at radius 3 is 1.38 bits per heavy atom. The van der Waals surface area contributed by atoms with Crippen LogP contribution < -0.4 is 0 Å². The van der Waals surface area contributed by atoms with Crippen LogP contribution in [0.1, 0.15) is 31.7 Å². The highest BCUT2D eigenvalue weighted by Gasteiger charge is 2.17. The Morgan fingerprint density at radius 1 is 0.425 bits per heavy atom. The van der Waals surface area contributed by atoms with Crippen LogP contribution in [0.5, 0.6) is 0 Å². The molecule has 0 saturated carbocycles. The number of hydrogen-bond acceptors (Lipinski definition) is 0. The Morgan fingerprint density at radius 2 is 0.850 bits per heavy atom. The SMILES string of the molecule is CCC(C)c1ccc(-c2c3ccccc3c(-c3ccc(-c4cccc5ccccc45)cc3)c3ccccc23)cc1. The van der Waals surface area contributed by atoms with Crippen LogP contribution in [0, 0.1) is 0 Å². The molecule has 0 bridgehead atoms. The van der Waals surface area contributed by atoms with Gasteiger partial charge >= 0.3 is 0 Å². The zero-order chi connectivity index (χ0) is 27.1. The monoisotopic (exact) mass is 512 g/mol. The van der Waals surface area contributed by atoms with Gasteiger partial charge in [0.2, 0.25) is 0 Å². The fraction of sp³-hybridized carbons (Fsp3) is 0.100. The van der Waals surface area contributed by atoms with Gasteiger partial charge < -0.3 is 0 Å². The normalized spacial score (nSPS) is 12.2. The van der Waals surface area contributed by atoms with Gasteiger partial charge in [-0.3, -0.25) is 0 Å². The lowest BCUT2D eigenvalue weighted by molar-refractivity contribution is 0.734. The fourth-order valence-electron chi connectivity index (χ4n) is 6.26. The predicted octanol–water partition coefficient (Wildman–Crippen LogP) is 11.7. The maximum Gasteiger partial charge on any atom is -0.00264 e. The van der Waals surface area contributed by atoms with Crippen molar-refractivity contribution in [2.75, 3.05) is 0 Å². The molecule has 0 fully saturated rings. The summed E-state index contributed by atoms with van der Waals surface area (Å²) in [5.74, 6) is 0.571. The zero-order valence-electron chi connectivity index (χ0n) is 23.1. The predicted molar refractivity (Wildman–Crippen MR) is 174 cm³/mol. The molecule has 1 unspecified atom stereocenters. The minimum Gasteiger partial charge on any atom is -0.0648 e. The standard InChI is InChI=1S/C40H32/c1-3-27(2)28-19-23-31(24-20-28)39-35-14-6-8-16-37(35)40(38-17-9-7-15-36(38)39)32-25-21-30(22-26-32)34-18-10-12-29-11-4-5-13-33(29)34/h4-27H,3H2,1-2H3. The van der Waals surface area contributed by atoms with Crippen LogP contribution in [0.3, 0.4) is 0 Å². The Kier molecular flexibility index (Phi) is 6.17. The van der Waals surface area contributed by atoms with Crippen LogP contribution in [0.4, 0.5) is 0 Å². The van der Waals surface area contributed by atoms with Gasteiger partial charge in [0.05, 0.1) is 0 Å². The Labute approximate surface area is 236 Å². The molecule has 40 heavy (non-hydrogen) atoms. The minimum absolute atomic E-state index is 0.571. The van der Waals surface area contributed by atoms with Gasteiger partial charge in [-0.25, -0.2) is 0 Å². The first-order valence-corrected chi connectivity index (χ1v) is 14.4. The molecule has 0 amide bonds. The fourth-order valence-corrected chi connectivity index (χ4v) is 6.26. The van der Waals surface area contributed by atoms with Gasteiger partial charge in [-0.05, 0) is 83.6 Å². The highest BCUT2D eigenvalue weighted by atomic mass is 14.2. The highest BCUT2D eigenvalue weighted by molar-refractivity contribution is 6.21. The van der Waals surface area contributed by atoms with Crippen LogP contribution in [0.25, 0.3) is 65.7 Å². The molecule has 0 aliphatic heterocycles. The molecule has 1 atom stereocenters. The number of fused-ring (bicyclic) bond motifs is 3. The summed E-state index contributed by atoms with van der Waals surface area (Å²) in [7, 11) is 0. The van der Waals surface area contributed by atoms with Crippen LogP contribution in [0.2, 0.25) is 0 Å². The van der Waals surface area contributed by atoms with Crippen LogP contribution in [-0.4, -0.2) is 0 Å². The summed E-state index contributed by atoms with van der Waals surface area (Å²) in [4.78, 5) is 0. The summed E-state index contributed by atoms with van der Waals surface area (Å²) in [6.07, 6.45) is 1.15. The van der Waals surface area contributed by atoms with Crippen molar-refractivity contribution < 1.29 is 0 Å². The second-order valence-electron chi connectivity index (χ2n) is 10.9. The molecule has 0 spiro atoms. The van der Waals surface area contributed by atoms with E-state index in [1.165, 1.54) is 71.3 Å². The summed E-state index contributed by atoms with van der Waals surface area (Å²) in [5.41, 5.74) is 9.06. The Hall–Kier alpha value is -4.68. The van der Waals surface area contributed by atoms with E-state index >= 15 is 0 Å². The molecule has 0 aromatic heterocycles. The van der Waals surface area contributed by atoms with Crippen molar-refractivity contribution in [1.82, 2.24) is 0 Å². The van der Waals surface area contributed by atoms with Crippen molar-refractivity contribution >= 4 is 32.3 Å². The topological polar surface area (TPSA) is 0 Å². The van der Waals surface area contributed by atoms with Gasteiger partial charge in [-0.2, -0.15) is 0 Å². The molecular formula is C40H32. The maximum atomic E-state index is 2.31. The van der Waals surface area contributed by atoms with Crippen molar-refractivity contribution in [3.05, 3.63) is 145 Å². The molecule has 7 aromatic carbocycles. The average Bonchev–Trinajstić information content (AvgIpc) is 3.03. The molecule has 192 valence electrons. The van der Waals surface area contributed by atoms with E-state index in [1.54, 1.807) is 0 Å².